The summed E-state index contributed by atoms with van der Waals surface area (Å²) in [5.74, 6) is 0. The van der Waals surface area contributed by atoms with Gasteiger partial charge in [0.25, 0.3) is 0 Å². The maximum absolute atomic E-state index is 9.14. The van der Waals surface area contributed by atoms with Gasteiger partial charge >= 0.3 is 0 Å². The van der Waals surface area contributed by atoms with Crippen LogP contribution in [-0.4, -0.2) is 0 Å². The molecular weight excluding hydrogens is 392 g/mol. The van der Waals surface area contributed by atoms with Gasteiger partial charge in [-0.3, -0.25) is 0 Å². The molecule has 0 bridgehead atoms. The fourth-order valence-electron chi connectivity index (χ4n) is 1.92. The summed E-state index contributed by atoms with van der Waals surface area (Å²) >= 11 is 6.97. The number of halogens is 2. The maximum atomic E-state index is 9.14. The van der Waals surface area contributed by atoms with Gasteiger partial charge in [0.15, 0.2) is 0 Å². The van der Waals surface area contributed by atoms with E-state index < -0.39 is 5.41 Å². The van der Waals surface area contributed by atoms with Crippen LogP contribution in [0, 0.1) is 11.3 Å². The number of nitrogens with zero attached hydrogens (tertiary/aromatic N) is 1. The smallest absolute Gasteiger partial charge is 0.0766 e. The molecule has 0 spiro atoms. The summed E-state index contributed by atoms with van der Waals surface area (Å²) < 4.78 is 2.10. The Bertz CT molecular complexity index is 670. The summed E-state index contributed by atoms with van der Waals surface area (Å²) in [6, 6.07) is 16.5. The van der Waals surface area contributed by atoms with E-state index in [0.29, 0.717) is 0 Å². The molecule has 0 aliphatic rings. The molecule has 0 fully saturated rings. The molecule has 0 atom stereocenters. The number of hydrogen-bond acceptors (Lipinski definition) is 2. The predicted octanol–water partition coefficient (Wildman–Crippen LogP) is 5.62. The Hall–Kier alpha value is -1.31. The second-order valence-corrected chi connectivity index (χ2v) is 7.12. The van der Waals surface area contributed by atoms with Crippen LogP contribution >= 0.6 is 31.9 Å². The van der Waals surface area contributed by atoms with Crippen LogP contribution in [0.15, 0.2) is 51.4 Å². The molecule has 108 valence electrons. The normalized spacial score (nSPS) is 11.0. The average Bonchev–Trinajstić information content (AvgIpc) is 2.49. The van der Waals surface area contributed by atoms with Gasteiger partial charge in [-0.15, -0.1) is 0 Å². The Kier molecular flexibility index (Phi) is 5.08. The molecule has 0 saturated heterocycles. The van der Waals surface area contributed by atoms with Gasteiger partial charge in [-0.25, -0.2) is 0 Å². The highest BCUT2D eigenvalue weighted by Crippen LogP contribution is 2.25. The molecule has 0 aliphatic carbocycles. The summed E-state index contributed by atoms with van der Waals surface area (Å²) in [5, 5.41) is 12.5. The summed E-state index contributed by atoms with van der Waals surface area (Å²) in [6.07, 6.45) is 0. The Morgan fingerprint density at radius 2 is 1.71 bits per heavy atom. The molecule has 2 nitrogen and oxygen atoms in total. The van der Waals surface area contributed by atoms with Crippen LogP contribution < -0.4 is 5.32 Å². The number of rotatable bonds is 4. The van der Waals surface area contributed by atoms with Crippen molar-refractivity contribution < 1.29 is 0 Å². The van der Waals surface area contributed by atoms with Crippen molar-refractivity contribution in [2.45, 2.75) is 25.8 Å². The molecule has 0 aromatic heterocycles. The van der Waals surface area contributed by atoms with Crippen LogP contribution in [0.25, 0.3) is 0 Å². The van der Waals surface area contributed by atoms with Gasteiger partial charge in [0.1, 0.15) is 0 Å². The summed E-state index contributed by atoms with van der Waals surface area (Å²) in [6.45, 7) is 4.61. The summed E-state index contributed by atoms with van der Waals surface area (Å²) in [5.41, 5.74) is 2.83. The van der Waals surface area contributed by atoms with Crippen molar-refractivity contribution in [3.63, 3.8) is 0 Å². The standard InChI is InChI=1S/C17H16Br2N2/c1-17(2,11-20)13-4-6-14(7-5-13)21-10-12-3-8-15(18)16(19)9-12/h3-9,21H,10H2,1-2H3. The van der Waals surface area contributed by atoms with Crippen LogP contribution in [0.3, 0.4) is 0 Å². The molecular formula is C17H16Br2N2. The first-order chi connectivity index (χ1) is 9.92. The second-order valence-electron chi connectivity index (χ2n) is 5.42. The highest BCUT2D eigenvalue weighted by molar-refractivity contribution is 9.13. The van der Waals surface area contributed by atoms with E-state index in [1.165, 1.54) is 5.56 Å². The first-order valence-corrected chi connectivity index (χ1v) is 8.20. The van der Waals surface area contributed by atoms with Gasteiger partial charge in [0.2, 0.25) is 0 Å². The molecule has 2 rings (SSSR count). The van der Waals surface area contributed by atoms with Crippen LogP contribution in [0.2, 0.25) is 0 Å². The highest BCUT2D eigenvalue weighted by atomic mass is 79.9. The minimum absolute atomic E-state index is 0.449. The van der Waals surface area contributed by atoms with E-state index in [9.17, 15) is 0 Å². The van der Waals surface area contributed by atoms with Crippen molar-refractivity contribution in [2.75, 3.05) is 5.32 Å². The fourth-order valence-corrected chi connectivity index (χ4v) is 2.60. The molecule has 1 N–H and O–H groups in total. The molecule has 2 aromatic rings. The van der Waals surface area contributed by atoms with Gasteiger partial charge in [-0.05, 0) is 81.1 Å². The first kappa shape index (κ1) is 16.1. The SMILES string of the molecule is CC(C)(C#N)c1ccc(NCc2ccc(Br)c(Br)c2)cc1. The summed E-state index contributed by atoms with van der Waals surface area (Å²) in [4.78, 5) is 0. The lowest BCUT2D eigenvalue weighted by Crippen LogP contribution is -2.13. The summed E-state index contributed by atoms with van der Waals surface area (Å²) in [7, 11) is 0. The zero-order valence-corrected chi connectivity index (χ0v) is 15.1. The van der Waals surface area contributed by atoms with Gasteiger partial charge in [0.05, 0.1) is 11.5 Å². The monoisotopic (exact) mass is 406 g/mol. The van der Waals surface area contributed by atoms with Gasteiger partial charge in [-0.1, -0.05) is 18.2 Å². The topological polar surface area (TPSA) is 35.8 Å². The minimum atomic E-state index is -0.449. The van der Waals surface area contributed by atoms with Crippen molar-refractivity contribution in [2.24, 2.45) is 0 Å². The molecule has 0 aliphatic heterocycles. The van der Waals surface area contributed by atoms with E-state index in [-0.39, 0.29) is 0 Å². The van der Waals surface area contributed by atoms with Crippen molar-refractivity contribution in [3.8, 4) is 6.07 Å². The lowest BCUT2D eigenvalue weighted by molar-refractivity contribution is 0.687. The zero-order valence-electron chi connectivity index (χ0n) is 12.0. The first-order valence-electron chi connectivity index (χ1n) is 6.62. The number of nitrogens with one attached hydrogen (secondary N) is 1. The highest BCUT2D eigenvalue weighted by Gasteiger charge is 2.18. The zero-order chi connectivity index (χ0) is 15.5. The fraction of sp³-hybridized carbons (Fsp3) is 0.235. The lowest BCUT2D eigenvalue weighted by atomic mass is 9.86. The molecule has 2 aromatic carbocycles. The number of hydrogen-bond donors (Lipinski definition) is 1. The second kappa shape index (κ2) is 6.64. The molecule has 0 radical (unpaired) electrons. The molecule has 4 heteroatoms. The Balaban J connectivity index is 2.04. The van der Waals surface area contributed by atoms with E-state index in [2.05, 4.69) is 55.4 Å². The Morgan fingerprint density at radius 1 is 1.05 bits per heavy atom. The lowest BCUT2D eigenvalue weighted by Gasteiger charge is -2.16. The van der Waals surface area contributed by atoms with Crippen LogP contribution in [0.5, 0.6) is 0 Å². The minimum Gasteiger partial charge on any atom is -0.381 e. The third-order valence-electron chi connectivity index (χ3n) is 3.37. The predicted molar refractivity (Wildman–Crippen MR) is 94.2 cm³/mol. The average molecular weight is 408 g/mol. The Morgan fingerprint density at radius 3 is 2.29 bits per heavy atom. The quantitative estimate of drug-likeness (QED) is 0.713. The van der Waals surface area contributed by atoms with Gasteiger partial charge in [-0.2, -0.15) is 5.26 Å². The van der Waals surface area contributed by atoms with Crippen LogP contribution in [0.4, 0.5) is 5.69 Å². The third-order valence-corrected chi connectivity index (χ3v) is 5.25. The van der Waals surface area contributed by atoms with E-state index >= 15 is 0 Å². The van der Waals surface area contributed by atoms with Crippen molar-refractivity contribution in [3.05, 3.63) is 62.5 Å². The third kappa shape index (κ3) is 4.09. The molecule has 0 amide bonds. The van der Waals surface area contributed by atoms with Gasteiger partial charge in [0, 0.05) is 21.2 Å². The number of nitriles is 1. The van der Waals surface area contributed by atoms with E-state index in [4.69, 9.17) is 5.26 Å². The molecule has 0 saturated carbocycles. The molecule has 0 heterocycles. The molecule has 21 heavy (non-hydrogen) atoms. The van der Waals surface area contributed by atoms with E-state index in [1.54, 1.807) is 0 Å². The van der Waals surface area contributed by atoms with Crippen molar-refractivity contribution in [1.29, 1.82) is 5.26 Å². The van der Waals surface area contributed by atoms with Crippen molar-refractivity contribution in [1.82, 2.24) is 0 Å². The Labute approximate surface area is 142 Å². The van der Waals surface area contributed by atoms with Crippen LogP contribution in [-0.2, 0) is 12.0 Å². The van der Waals surface area contributed by atoms with E-state index in [1.807, 2.05) is 44.2 Å². The van der Waals surface area contributed by atoms with Crippen LogP contribution in [0.1, 0.15) is 25.0 Å². The largest absolute Gasteiger partial charge is 0.381 e. The number of benzene rings is 2. The van der Waals surface area contributed by atoms with Crippen molar-refractivity contribution >= 4 is 37.5 Å². The molecule has 0 unspecified atom stereocenters. The van der Waals surface area contributed by atoms with Gasteiger partial charge < -0.3 is 5.32 Å². The van der Waals surface area contributed by atoms with E-state index in [0.717, 1.165) is 26.7 Å². The maximum Gasteiger partial charge on any atom is 0.0766 e. The number of anilines is 1.